The first-order valence-corrected chi connectivity index (χ1v) is 7.84. The second-order valence-electron chi connectivity index (χ2n) is 5.46. The van der Waals surface area contributed by atoms with E-state index in [1.807, 2.05) is 11.8 Å². The Bertz CT molecular complexity index is 859. The van der Waals surface area contributed by atoms with E-state index in [-0.39, 0.29) is 0 Å². The van der Waals surface area contributed by atoms with Crippen molar-refractivity contribution in [3.8, 4) is 0 Å². The molecule has 1 N–H and O–H groups in total. The molecule has 0 saturated carbocycles. The lowest BCUT2D eigenvalue weighted by Crippen LogP contribution is -2.05. The van der Waals surface area contributed by atoms with Crippen molar-refractivity contribution >= 4 is 28.7 Å². The molecule has 2 heteroatoms. The van der Waals surface area contributed by atoms with E-state index in [0.29, 0.717) is 11.2 Å². The highest BCUT2D eigenvalue weighted by Crippen LogP contribution is 2.58. The third kappa shape index (κ3) is 1.30. The molecule has 1 unspecified atom stereocenters. The van der Waals surface area contributed by atoms with E-state index in [2.05, 4.69) is 65.7 Å². The van der Waals surface area contributed by atoms with Gasteiger partial charge in [0.05, 0.1) is 0 Å². The highest BCUT2D eigenvalue weighted by atomic mass is 32.2. The molecule has 0 saturated heterocycles. The number of aromatic nitrogens is 1. The van der Waals surface area contributed by atoms with Gasteiger partial charge in [0.1, 0.15) is 0 Å². The van der Waals surface area contributed by atoms with Crippen LogP contribution in [0.1, 0.15) is 28.0 Å². The van der Waals surface area contributed by atoms with E-state index < -0.39 is 0 Å². The predicted octanol–water partition coefficient (Wildman–Crippen LogP) is 5.13. The molecule has 1 aromatic heterocycles. The summed E-state index contributed by atoms with van der Waals surface area (Å²) in [7, 11) is 0. The zero-order valence-corrected chi connectivity index (χ0v) is 11.7. The summed E-state index contributed by atoms with van der Waals surface area (Å²) in [6, 6.07) is 17.5. The van der Waals surface area contributed by atoms with Gasteiger partial charge in [0.15, 0.2) is 0 Å². The molecular weight excluding hydrogens is 262 g/mol. The summed E-state index contributed by atoms with van der Waals surface area (Å²) in [6.07, 6.45) is 4.63. The maximum Gasteiger partial charge on any atom is 0.0475 e. The molecule has 0 bridgehead atoms. The smallest absolute Gasteiger partial charge is 0.0475 e. The summed E-state index contributed by atoms with van der Waals surface area (Å²) in [5.41, 5.74) is 5.50. The first kappa shape index (κ1) is 10.8. The van der Waals surface area contributed by atoms with E-state index in [0.717, 1.165) is 0 Å². The Labute approximate surface area is 121 Å². The van der Waals surface area contributed by atoms with Gasteiger partial charge in [0, 0.05) is 32.7 Å². The van der Waals surface area contributed by atoms with Gasteiger partial charge in [-0.15, -0.1) is 11.8 Å². The molecule has 0 spiro atoms. The van der Waals surface area contributed by atoms with Crippen molar-refractivity contribution in [2.45, 2.75) is 16.1 Å². The third-order valence-corrected chi connectivity index (χ3v) is 5.80. The lowest BCUT2D eigenvalue weighted by molar-refractivity contribution is 0.823. The number of nitrogens with one attached hydrogen (secondary N) is 1. The van der Waals surface area contributed by atoms with Gasteiger partial charge in [0.25, 0.3) is 0 Å². The van der Waals surface area contributed by atoms with Crippen LogP contribution in [0.5, 0.6) is 0 Å². The Morgan fingerprint density at radius 3 is 2.80 bits per heavy atom. The number of para-hydroxylation sites is 1. The van der Waals surface area contributed by atoms with Crippen LogP contribution in [0.3, 0.4) is 0 Å². The van der Waals surface area contributed by atoms with Gasteiger partial charge in [-0.2, -0.15) is 0 Å². The van der Waals surface area contributed by atoms with Crippen LogP contribution in [0.25, 0.3) is 17.0 Å². The third-order valence-electron chi connectivity index (χ3n) is 4.39. The molecule has 1 aliphatic heterocycles. The number of H-pyrrole nitrogens is 1. The van der Waals surface area contributed by atoms with Gasteiger partial charge in [0.2, 0.25) is 0 Å². The average molecular weight is 275 g/mol. The quantitative estimate of drug-likeness (QED) is 0.601. The summed E-state index contributed by atoms with van der Waals surface area (Å²) < 4.78 is 0. The molecule has 0 amide bonds. The normalized spacial score (nSPS) is 22.6. The first-order chi connectivity index (χ1) is 9.92. The van der Waals surface area contributed by atoms with Crippen molar-refractivity contribution in [1.82, 2.24) is 4.98 Å². The molecule has 96 valence electrons. The molecule has 3 aromatic rings. The lowest BCUT2D eigenvalue weighted by Gasteiger charge is -2.21. The number of thioether (sulfide) groups is 1. The van der Waals surface area contributed by atoms with Crippen molar-refractivity contribution in [1.29, 1.82) is 0 Å². The van der Waals surface area contributed by atoms with E-state index in [1.165, 1.54) is 32.6 Å². The van der Waals surface area contributed by atoms with E-state index >= 15 is 0 Å². The van der Waals surface area contributed by atoms with Crippen molar-refractivity contribution < 1.29 is 0 Å². The summed E-state index contributed by atoms with van der Waals surface area (Å²) in [5.74, 6) is 0.517. The van der Waals surface area contributed by atoms with Gasteiger partial charge in [-0.3, -0.25) is 0 Å². The molecule has 0 radical (unpaired) electrons. The van der Waals surface area contributed by atoms with Crippen molar-refractivity contribution in [3.63, 3.8) is 0 Å². The van der Waals surface area contributed by atoms with Crippen LogP contribution in [0.2, 0.25) is 0 Å². The van der Waals surface area contributed by atoms with E-state index in [4.69, 9.17) is 0 Å². The minimum atomic E-state index is 0.517. The molecule has 1 aliphatic carbocycles. The molecule has 2 aromatic carbocycles. The summed E-state index contributed by atoms with van der Waals surface area (Å²) >= 11 is 2.01. The molecular formula is C18H13NS. The van der Waals surface area contributed by atoms with Crippen LogP contribution < -0.4 is 0 Å². The largest absolute Gasteiger partial charge is 0.355 e. The minimum Gasteiger partial charge on any atom is -0.355 e. The number of hydrogen-bond donors (Lipinski definition) is 1. The standard InChI is InChI=1S/C18H13NS/c1-3-7-14-13(6-1)17-15(19-14)10-9-12-11-5-2-4-8-16(11)20-18(12)17/h1-10,12,18-19H/t12?,18-/m0/s1. The van der Waals surface area contributed by atoms with Gasteiger partial charge in [-0.05, 0) is 29.3 Å². The Hall–Kier alpha value is -1.93. The number of benzene rings is 2. The van der Waals surface area contributed by atoms with Gasteiger partial charge >= 0.3 is 0 Å². The van der Waals surface area contributed by atoms with E-state index in [9.17, 15) is 0 Å². The van der Waals surface area contributed by atoms with Crippen molar-refractivity contribution in [3.05, 3.63) is 71.4 Å². The van der Waals surface area contributed by atoms with Crippen LogP contribution in [0.4, 0.5) is 0 Å². The minimum absolute atomic E-state index is 0.517. The zero-order valence-electron chi connectivity index (χ0n) is 10.8. The van der Waals surface area contributed by atoms with Crippen LogP contribution in [0, 0.1) is 0 Å². The average Bonchev–Trinajstić information content (AvgIpc) is 3.04. The highest BCUT2D eigenvalue weighted by Gasteiger charge is 2.37. The van der Waals surface area contributed by atoms with Gasteiger partial charge in [-0.1, -0.05) is 42.5 Å². The number of fused-ring (bicyclic) bond motifs is 7. The fraction of sp³-hybridized carbons (Fsp3) is 0.111. The summed E-state index contributed by atoms with van der Waals surface area (Å²) in [6.45, 7) is 0. The highest BCUT2D eigenvalue weighted by molar-refractivity contribution is 8.00. The van der Waals surface area contributed by atoms with Crippen molar-refractivity contribution in [2.75, 3.05) is 0 Å². The topological polar surface area (TPSA) is 15.8 Å². The molecule has 2 atom stereocenters. The number of aromatic amines is 1. The van der Waals surface area contributed by atoms with Crippen LogP contribution in [-0.2, 0) is 0 Å². The Balaban J connectivity index is 1.78. The summed E-state index contributed by atoms with van der Waals surface area (Å²) in [5, 5.41) is 1.89. The Morgan fingerprint density at radius 2 is 1.80 bits per heavy atom. The molecule has 0 fully saturated rings. The molecule has 2 heterocycles. The van der Waals surface area contributed by atoms with E-state index in [1.54, 1.807) is 0 Å². The monoisotopic (exact) mass is 275 g/mol. The van der Waals surface area contributed by atoms with Crippen LogP contribution in [-0.4, -0.2) is 4.98 Å². The summed E-state index contributed by atoms with van der Waals surface area (Å²) in [4.78, 5) is 4.99. The molecule has 2 aliphatic rings. The molecule has 1 nitrogen and oxygen atoms in total. The number of allylic oxidation sites excluding steroid dienone is 1. The number of hydrogen-bond acceptors (Lipinski definition) is 1. The Morgan fingerprint density at radius 1 is 0.950 bits per heavy atom. The second-order valence-corrected chi connectivity index (χ2v) is 6.64. The zero-order chi connectivity index (χ0) is 13.1. The van der Waals surface area contributed by atoms with Crippen molar-refractivity contribution in [2.24, 2.45) is 0 Å². The maximum absolute atomic E-state index is 3.56. The first-order valence-electron chi connectivity index (χ1n) is 6.96. The molecule has 5 rings (SSSR count). The Kier molecular flexibility index (Phi) is 2.05. The lowest BCUT2D eigenvalue weighted by atomic mass is 9.86. The second kappa shape index (κ2) is 3.80. The van der Waals surface area contributed by atoms with Crippen LogP contribution >= 0.6 is 11.8 Å². The fourth-order valence-electron chi connectivity index (χ4n) is 3.50. The SMILES string of the molecule is C1=CC2c3ccccc3S[C@@H]2c2c1[nH]c1ccccc21. The van der Waals surface area contributed by atoms with Crippen LogP contribution in [0.15, 0.2) is 59.5 Å². The van der Waals surface area contributed by atoms with Gasteiger partial charge < -0.3 is 4.98 Å². The number of rotatable bonds is 0. The molecule has 20 heavy (non-hydrogen) atoms. The van der Waals surface area contributed by atoms with Gasteiger partial charge in [-0.25, -0.2) is 0 Å². The predicted molar refractivity (Wildman–Crippen MR) is 85.1 cm³/mol. The fourth-order valence-corrected chi connectivity index (χ4v) is 5.03. The maximum atomic E-state index is 3.56.